The maximum Gasteiger partial charge on any atom is 0.304 e. The second kappa shape index (κ2) is 12.8. The Morgan fingerprint density at radius 3 is 2.19 bits per heavy atom. The number of carbonyl (C=O) groups is 2. The molecule has 2 aromatic carbocycles. The predicted octanol–water partition coefficient (Wildman–Crippen LogP) is 4.07. The van der Waals surface area contributed by atoms with Crippen LogP contribution in [0.5, 0.6) is 0 Å². The lowest BCUT2D eigenvalue weighted by molar-refractivity contribution is -0.139. The highest BCUT2D eigenvalue weighted by Crippen LogP contribution is 2.22. The molecule has 0 saturated heterocycles. The van der Waals surface area contributed by atoms with Crippen LogP contribution in [0, 0.1) is 5.82 Å². The summed E-state index contributed by atoms with van der Waals surface area (Å²) in [6.45, 7) is 1.21. The van der Waals surface area contributed by atoms with Crippen LogP contribution >= 0.6 is 15.9 Å². The SMILES string of the molecule is C[C@H](C(=O)NC1CCCCC1)N(Cc1ccc(Br)cc1)C(=O)CN(c1ccc(F)cc1)S(=O)(=O)N(C)C. The van der Waals surface area contributed by atoms with E-state index in [0.717, 1.165) is 62.9 Å². The quantitative estimate of drug-likeness (QED) is 0.448. The number of benzene rings is 2. The highest BCUT2D eigenvalue weighted by atomic mass is 79.9. The molecular formula is C26H34BrFN4O4S. The van der Waals surface area contributed by atoms with Crippen molar-refractivity contribution in [3.63, 3.8) is 0 Å². The molecule has 0 spiro atoms. The van der Waals surface area contributed by atoms with Gasteiger partial charge in [-0.15, -0.1) is 0 Å². The second-order valence-corrected chi connectivity index (χ2v) is 12.4. The standard InChI is InChI=1S/C26H34BrFN4O4S/c1-19(26(34)29-23-7-5-4-6-8-23)31(17-20-9-11-21(27)12-10-20)25(33)18-32(37(35,36)30(2)3)24-15-13-22(28)14-16-24/h9-16,19,23H,4-8,17-18H2,1-3H3,(H,29,34)/t19-/m1/s1. The molecule has 1 atom stereocenters. The van der Waals surface area contributed by atoms with Crippen molar-refractivity contribution >= 4 is 43.6 Å². The molecule has 1 aliphatic carbocycles. The predicted molar refractivity (Wildman–Crippen MR) is 146 cm³/mol. The number of hydrogen-bond acceptors (Lipinski definition) is 4. The molecule has 0 bridgehead atoms. The number of amides is 2. The van der Waals surface area contributed by atoms with E-state index in [9.17, 15) is 22.4 Å². The van der Waals surface area contributed by atoms with Gasteiger partial charge in [0.15, 0.2) is 0 Å². The third-order valence-corrected chi connectivity index (χ3v) is 8.87. The molecule has 0 aliphatic heterocycles. The Hall–Kier alpha value is -2.50. The molecule has 1 fully saturated rings. The van der Waals surface area contributed by atoms with Crippen molar-refractivity contribution in [2.45, 2.75) is 57.7 Å². The number of nitrogens with zero attached hydrogens (tertiary/aromatic N) is 3. The summed E-state index contributed by atoms with van der Waals surface area (Å²) in [4.78, 5) is 28.3. The molecule has 0 aromatic heterocycles. The van der Waals surface area contributed by atoms with Crippen LogP contribution in [0.2, 0.25) is 0 Å². The summed E-state index contributed by atoms with van der Waals surface area (Å²) in [6.07, 6.45) is 5.05. The fraction of sp³-hybridized carbons (Fsp3) is 0.462. The summed E-state index contributed by atoms with van der Waals surface area (Å²) in [7, 11) is -1.38. The molecule has 37 heavy (non-hydrogen) atoms. The molecule has 202 valence electrons. The van der Waals surface area contributed by atoms with Crippen molar-refractivity contribution in [1.29, 1.82) is 0 Å². The molecule has 1 N–H and O–H groups in total. The molecule has 0 unspecified atom stereocenters. The van der Waals surface area contributed by atoms with Crippen molar-refractivity contribution in [2.24, 2.45) is 0 Å². The normalized spacial score (nSPS) is 15.3. The first-order chi connectivity index (χ1) is 17.5. The molecule has 11 heteroatoms. The Morgan fingerprint density at radius 2 is 1.62 bits per heavy atom. The number of carbonyl (C=O) groups excluding carboxylic acids is 2. The molecule has 0 radical (unpaired) electrons. The van der Waals surface area contributed by atoms with Gasteiger partial charge in [-0.05, 0) is 61.7 Å². The molecule has 1 aliphatic rings. The van der Waals surface area contributed by atoms with E-state index in [2.05, 4.69) is 21.2 Å². The minimum absolute atomic E-state index is 0.0677. The number of anilines is 1. The number of halogens is 2. The van der Waals surface area contributed by atoms with E-state index in [1.807, 2.05) is 24.3 Å². The van der Waals surface area contributed by atoms with E-state index in [1.54, 1.807) is 6.92 Å². The van der Waals surface area contributed by atoms with Crippen LogP contribution < -0.4 is 9.62 Å². The first-order valence-electron chi connectivity index (χ1n) is 12.3. The Bertz CT molecular complexity index is 1170. The van der Waals surface area contributed by atoms with E-state index in [-0.39, 0.29) is 24.2 Å². The summed E-state index contributed by atoms with van der Waals surface area (Å²) in [6, 6.07) is 11.5. The molecular weight excluding hydrogens is 563 g/mol. The largest absolute Gasteiger partial charge is 0.352 e. The third kappa shape index (κ3) is 7.75. The topological polar surface area (TPSA) is 90.0 Å². The van der Waals surface area contributed by atoms with E-state index in [4.69, 9.17) is 0 Å². The molecule has 2 amide bonds. The Balaban J connectivity index is 1.90. The van der Waals surface area contributed by atoms with Gasteiger partial charge in [0.2, 0.25) is 11.8 Å². The fourth-order valence-corrected chi connectivity index (χ4v) is 5.58. The zero-order chi connectivity index (χ0) is 27.2. The van der Waals surface area contributed by atoms with E-state index >= 15 is 0 Å². The van der Waals surface area contributed by atoms with Crippen LogP contribution in [0.1, 0.15) is 44.6 Å². The lowest BCUT2D eigenvalue weighted by Gasteiger charge is -2.34. The van der Waals surface area contributed by atoms with Gasteiger partial charge >= 0.3 is 10.2 Å². The minimum Gasteiger partial charge on any atom is -0.352 e. The van der Waals surface area contributed by atoms with Crippen LogP contribution in [0.3, 0.4) is 0 Å². The van der Waals surface area contributed by atoms with Crippen LogP contribution in [0.4, 0.5) is 10.1 Å². The summed E-state index contributed by atoms with van der Waals surface area (Å²) in [5.74, 6) is -1.35. The van der Waals surface area contributed by atoms with Crippen molar-refractivity contribution < 1.29 is 22.4 Å². The number of hydrogen-bond donors (Lipinski definition) is 1. The van der Waals surface area contributed by atoms with Crippen LogP contribution in [-0.4, -0.2) is 62.2 Å². The van der Waals surface area contributed by atoms with Crippen LogP contribution in [0.15, 0.2) is 53.0 Å². The smallest absolute Gasteiger partial charge is 0.304 e. The van der Waals surface area contributed by atoms with Gasteiger partial charge in [0.25, 0.3) is 0 Å². The Kier molecular flexibility index (Phi) is 10.1. The summed E-state index contributed by atoms with van der Waals surface area (Å²) < 4.78 is 42.6. The average Bonchev–Trinajstić information content (AvgIpc) is 2.87. The Labute approximate surface area is 227 Å². The monoisotopic (exact) mass is 596 g/mol. The van der Waals surface area contributed by atoms with Gasteiger partial charge in [-0.2, -0.15) is 12.7 Å². The first-order valence-corrected chi connectivity index (χ1v) is 14.5. The molecule has 0 heterocycles. The van der Waals surface area contributed by atoms with E-state index in [1.165, 1.54) is 31.1 Å². The van der Waals surface area contributed by atoms with Gasteiger partial charge in [-0.25, -0.2) is 8.70 Å². The summed E-state index contributed by atoms with van der Waals surface area (Å²) >= 11 is 3.40. The van der Waals surface area contributed by atoms with Crippen molar-refractivity contribution in [3.05, 3.63) is 64.4 Å². The maximum absolute atomic E-state index is 13.7. The average molecular weight is 598 g/mol. The minimum atomic E-state index is -4.09. The van der Waals surface area contributed by atoms with Crippen LogP contribution in [-0.2, 0) is 26.3 Å². The van der Waals surface area contributed by atoms with Crippen molar-refractivity contribution in [1.82, 2.24) is 14.5 Å². The van der Waals surface area contributed by atoms with E-state index in [0.29, 0.717) is 0 Å². The van der Waals surface area contributed by atoms with Gasteiger partial charge in [0.1, 0.15) is 18.4 Å². The Morgan fingerprint density at radius 1 is 1.03 bits per heavy atom. The zero-order valence-electron chi connectivity index (χ0n) is 21.4. The maximum atomic E-state index is 13.7. The second-order valence-electron chi connectivity index (χ2n) is 9.44. The summed E-state index contributed by atoms with van der Waals surface area (Å²) in [5.41, 5.74) is 0.934. The first kappa shape index (κ1) is 29.1. The molecule has 3 rings (SSSR count). The van der Waals surface area contributed by atoms with Gasteiger partial charge in [0, 0.05) is 31.2 Å². The fourth-order valence-electron chi connectivity index (χ4n) is 4.26. The zero-order valence-corrected chi connectivity index (χ0v) is 23.8. The van der Waals surface area contributed by atoms with Gasteiger partial charge in [0.05, 0.1) is 5.69 Å². The third-order valence-electron chi connectivity index (χ3n) is 6.52. The van der Waals surface area contributed by atoms with Gasteiger partial charge in [-0.1, -0.05) is 47.3 Å². The lowest BCUT2D eigenvalue weighted by atomic mass is 9.95. The van der Waals surface area contributed by atoms with Gasteiger partial charge < -0.3 is 10.2 Å². The highest BCUT2D eigenvalue weighted by molar-refractivity contribution is 9.10. The van der Waals surface area contributed by atoms with Crippen molar-refractivity contribution in [2.75, 3.05) is 24.9 Å². The summed E-state index contributed by atoms with van der Waals surface area (Å²) in [5, 5.41) is 3.07. The molecule has 8 nitrogen and oxygen atoms in total. The van der Waals surface area contributed by atoms with Crippen molar-refractivity contribution in [3.8, 4) is 0 Å². The lowest BCUT2D eigenvalue weighted by Crippen LogP contribution is -2.53. The number of rotatable bonds is 10. The highest BCUT2D eigenvalue weighted by Gasteiger charge is 2.33. The van der Waals surface area contributed by atoms with Crippen LogP contribution in [0.25, 0.3) is 0 Å². The molecule has 1 saturated carbocycles. The number of nitrogens with one attached hydrogen (secondary N) is 1. The van der Waals surface area contributed by atoms with Gasteiger partial charge in [-0.3, -0.25) is 9.59 Å². The van der Waals surface area contributed by atoms with E-state index < -0.39 is 34.5 Å². The molecule has 2 aromatic rings.